The van der Waals surface area contributed by atoms with E-state index in [9.17, 15) is 4.79 Å². The van der Waals surface area contributed by atoms with E-state index in [-0.39, 0.29) is 23.1 Å². The van der Waals surface area contributed by atoms with Crippen molar-refractivity contribution in [1.82, 2.24) is 4.90 Å². The molecule has 1 aliphatic heterocycles. The van der Waals surface area contributed by atoms with Gasteiger partial charge in [-0.1, -0.05) is 54.1 Å². The maximum atomic E-state index is 12.1. The number of likely N-dealkylation sites (tertiary alicyclic amines) is 1. The summed E-state index contributed by atoms with van der Waals surface area (Å²) in [7, 11) is 0. The molecule has 1 saturated heterocycles. The van der Waals surface area contributed by atoms with Gasteiger partial charge in [0.25, 0.3) is 5.91 Å². The van der Waals surface area contributed by atoms with Gasteiger partial charge in [-0.05, 0) is 42.0 Å². The molecule has 7 nitrogen and oxygen atoms in total. The van der Waals surface area contributed by atoms with Gasteiger partial charge in [0, 0.05) is 11.6 Å². The van der Waals surface area contributed by atoms with Crippen LogP contribution in [-0.4, -0.2) is 35.8 Å². The number of primary amides is 1. The predicted octanol–water partition coefficient (Wildman–Crippen LogP) is 2.39. The Morgan fingerprint density at radius 1 is 1.16 bits per heavy atom. The Bertz CT molecular complexity index is 1050. The lowest BCUT2D eigenvalue weighted by molar-refractivity contribution is -0.114. The van der Waals surface area contributed by atoms with E-state index in [2.05, 4.69) is 11.2 Å². The standard InChI is InChI=1S/C23H25ClN6O/c24-19-6-2-1-4-17(19)12-15-7-9-16(10-8-15)21(26)20(23(28)31)22(27)29-18-5-3-11-30(13-18)14-25/h1-2,4,6-10,18H,3,5,11-13,26H2,(H2,27,29)(H2,28,31). The van der Waals surface area contributed by atoms with Crippen LogP contribution in [-0.2, 0) is 11.2 Å². The Hall–Kier alpha value is -3.50. The van der Waals surface area contributed by atoms with Gasteiger partial charge in [-0.2, -0.15) is 5.26 Å². The molecule has 3 rings (SSSR count). The number of nitriles is 1. The van der Waals surface area contributed by atoms with Crippen molar-refractivity contribution in [3.05, 3.63) is 75.8 Å². The summed E-state index contributed by atoms with van der Waals surface area (Å²) >= 11 is 6.24. The predicted molar refractivity (Wildman–Crippen MR) is 123 cm³/mol. The molecule has 1 aliphatic rings. The van der Waals surface area contributed by atoms with Crippen molar-refractivity contribution in [3.63, 3.8) is 0 Å². The number of halogens is 1. The summed E-state index contributed by atoms with van der Waals surface area (Å²) in [6.07, 6.45) is 4.40. The summed E-state index contributed by atoms with van der Waals surface area (Å²) in [5, 5.41) is 9.81. The van der Waals surface area contributed by atoms with Gasteiger partial charge in [-0.25, -0.2) is 0 Å². The quantitative estimate of drug-likeness (QED) is 0.276. The first-order chi connectivity index (χ1) is 14.9. The first kappa shape index (κ1) is 22.2. The number of hydrogen-bond donors (Lipinski definition) is 3. The zero-order chi connectivity index (χ0) is 22.4. The number of amidine groups is 1. The average Bonchev–Trinajstić information content (AvgIpc) is 2.75. The molecule has 1 amide bonds. The van der Waals surface area contributed by atoms with Gasteiger partial charge in [0.2, 0.25) is 0 Å². The molecule has 2 aromatic rings. The molecule has 0 aromatic heterocycles. The highest BCUT2D eigenvalue weighted by atomic mass is 35.5. The molecule has 1 unspecified atom stereocenters. The van der Waals surface area contributed by atoms with Crippen LogP contribution in [0.1, 0.15) is 29.5 Å². The Morgan fingerprint density at radius 2 is 1.87 bits per heavy atom. The molecule has 1 heterocycles. The van der Waals surface area contributed by atoms with Crippen molar-refractivity contribution < 1.29 is 4.79 Å². The lowest BCUT2D eigenvalue weighted by atomic mass is 10.00. The van der Waals surface area contributed by atoms with Crippen molar-refractivity contribution >= 4 is 29.0 Å². The van der Waals surface area contributed by atoms with Crippen LogP contribution in [0.15, 0.2) is 59.1 Å². The van der Waals surface area contributed by atoms with Crippen LogP contribution < -0.4 is 17.2 Å². The van der Waals surface area contributed by atoms with Crippen molar-refractivity contribution in [3.8, 4) is 6.19 Å². The van der Waals surface area contributed by atoms with Crippen molar-refractivity contribution in [1.29, 1.82) is 5.26 Å². The second-order valence-corrected chi connectivity index (χ2v) is 7.88. The number of aliphatic imine (C=N–C) groups is 1. The highest BCUT2D eigenvalue weighted by Crippen LogP contribution is 2.21. The maximum absolute atomic E-state index is 12.1. The van der Waals surface area contributed by atoms with E-state index >= 15 is 0 Å². The SMILES string of the molecule is N#CN1CCCC(N=C(N)C(C(N)=O)=C(N)c2ccc(Cc3ccccc3Cl)cc2)C1. The molecular formula is C23H25ClN6O. The number of amides is 1. The molecule has 0 radical (unpaired) electrons. The molecule has 1 fully saturated rings. The molecule has 0 saturated carbocycles. The van der Waals surface area contributed by atoms with Crippen LogP contribution >= 0.6 is 11.6 Å². The molecule has 8 heteroatoms. The minimum atomic E-state index is -0.744. The monoisotopic (exact) mass is 436 g/mol. The molecule has 160 valence electrons. The number of benzene rings is 2. The lowest BCUT2D eigenvalue weighted by Crippen LogP contribution is -2.37. The van der Waals surface area contributed by atoms with Crippen molar-refractivity contribution in [2.75, 3.05) is 13.1 Å². The lowest BCUT2D eigenvalue weighted by Gasteiger charge is -2.26. The number of carbonyl (C=O) groups excluding carboxylic acids is 1. The van der Waals surface area contributed by atoms with E-state index in [0.29, 0.717) is 30.1 Å². The number of hydrogen-bond acceptors (Lipinski definition) is 5. The number of carbonyl (C=O) groups is 1. The van der Waals surface area contributed by atoms with Crippen LogP contribution in [0.25, 0.3) is 5.70 Å². The van der Waals surface area contributed by atoms with E-state index in [4.69, 9.17) is 34.1 Å². The Balaban J connectivity index is 1.84. The smallest absolute Gasteiger partial charge is 0.254 e. The van der Waals surface area contributed by atoms with Crippen LogP contribution in [0.4, 0.5) is 0 Å². The number of piperidine rings is 1. The zero-order valence-corrected chi connectivity index (χ0v) is 17.8. The highest BCUT2D eigenvalue weighted by molar-refractivity contribution is 6.31. The largest absolute Gasteiger partial charge is 0.397 e. The van der Waals surface area contributed by atoms with Crippen LogP contribution in [0, 0.1) is 11.5 Å². The third-order valence-electron chi connectivity index (χ3n) is 5.25. The maximum Gasteiger partial charge on any atom is 0.254 e. The highest BCUT2D eigenvalue weighted by Gasteiger charge is 2.22. The molecule has 2 aromatic carbocycles. The minimum absolute atomic E-state index is 0.00469. The van der Waals surface area contributed by atoms with E-state index < -0.39 is 5.91 Å². The third-order valence-corrected chi connectivity index (χ3v) is 5.62. The third kappa shape index (κ3) is 5.56. The van der Waals surface area contributed by atoms with Crippen LogP contribution in [0.3, 0.4) is 0 Å². The summed E-state index contributed by atoms with van der Waals surface area (Å²) in [5.41, 5.74) is 20.8. The zero-order valence-electron chi connectivity index (χ0n) is 17.1. The number of nitrogens with two attached hydrogens (primary N) is 3. The van der Waals surface area contributed by atoms with Gasteiger partial charge in [0.05, 0.1) is 18.3 Å². The van der Waals surface area contributed by atoms with Crippen molar-refractivity contribution in [2.45, 2.75) is 25.3 Å². The Kier molecular flexibility index (Phi) is 7.16. The second kappa shape index (κ2) is 10.0. The Morgan fingerprint density at radius 3 is 2.52 bits per heavy atom. The van der Waals surface area contributed by atoms with Crippen LogP contribution in [0.5, 0.6) is 0 Å². The summed E-state index contributed by atoms with van der Waals surface area (Å²) in [6.45, 7) is 1.16. The second-order valence-electron chi connectivity index (χ2n) is 7.47. The fraction of sp³-hybridized carbons (Fsp3) is 0.261. The molecule has 0 aliphatic carbocycles. The van der Waals surface area contributed by atoms with E-state index in [1.807, 2.05) is 48.5 Å². The fourth-order valence-electron chi connectivity index (χ4n) is 3.62. The first-order valence-electron chi connectivity index (χ1n) is 9.99. The average molecular weight is 437 g/mol. The molecule has 0 spiro atoms. The minimum Gasteiger partial charge on any atom is -0.397 e. The molecule has 31 heavy (non-hydrogen) atoms. The molecule has 1 atom stereocenters. The van der Waals surface area contributed by atoms with Gasteiger partial charge in [0.15, 0.2) is 6.19 Å². The Labute approximate surface area is 186 Å². The molecular weight excluding hydrogens is 412 g/mol. The topological polar surface area (TPSA) is 135 Å². The number of nitrogens with zero attached hydrogens (tertiary/aromatic N) is 3. The van der Waals surface area contributed by atoms with Gasteiger partial charge in [-0.3, -0.25) is 9.79 Å². The normalized spacial score (nSPS) is 17.6. The van der Waals surface area contributed by atoms with E-state index in [1.54, 1.807) is 4.90 Å². The first-order valence-corrected chi connectivity index (χ1v) is 10.4. The summed E-state index contributed by atoms with van der Waals surface area (Å²) in [4.78, 5) is 18.2. The van der Waals surface area contributed by atoms with Gasteiger partial charge >= 0.3 is 0 Å². The number of rotatable bonds is 6. The van der Waals surface area contributed by atoms with E-state index in [1.165, 1.54) is 0 Å². The fourth-order valence-corrected chi connectivity index (χ4v) is 3.82. The van der Waals surface area contributed by atoms with Crippen molar-refractivity contribution in [2.24, 2.45) is 22.2 Å². The van der Waals surface area contributed by atoms with E-state index in [0.717, 1.165) is 24.0 Å². The van der Waals surface area contributed by atoms with Gasteiger partial charge in [0.1, 0.15) is 11.4 Å². The van der Waals surface area contributed by atoms with Gasteiger partial charge < -0.3 is 22.1 Å². The van der Waals surface area contributed by atoms with Gasteiger partial charge in [-0.15, -0.1) is 0 Å². The summed E-state index contributed by atoms with van der Waals surface area (Å²) in [6, 6.07) is 15.0. The summed E-state index contributed by atoms with van der Waals surface area (Å²) < 4.78 is 0. The molecule has 0 bridgehead atoms. The summed E-state index contributed by atoms with van der Waals surface area (Å²) in [5.74, 6) is -0.748. The van der Waals surface area contributed by atoms with Crippen LogP contribution in [0.2, 0.25) is 5.02 Å². The molecule has 6 N–H and O–H groups in total.